The van der Waals surface area contributed by atoms with Crippen LogP contribution in [0.25, 0.3) is 0 Å². The molecule has 5 nitrogen and oxygen atoms in total. The van der Waals surface area contributed by atoms with Crippen molar-refractivity contribution in [1.29, 1.82) is 0 Å². The molecular weight excluding hydrogens is 417 g/mol. The molecule has 0 bridgehead atoms. The Kier molecular flexibility index (Phi) is 11.2. The maximum atomic E-state index is 5.78. The van der Waals surface area contributed by atoms with E-state index in [9.17, 15) is 0 Å². The number of aliphatic imine (C=N–C) groups is 1. The van der Waals surface area contributed by atoms with Crippen LogP contribution in [0.15, 0.2) is 27.8 Å². The van der Waals surface area contributed by atoms with E-state index >= 15 is 0 Å². The SMILES string of the molecule is CC(C)CN=C(NCCc1ccco1)NCCC1CCCCO1.I. The van der Waals surface area contributed by atoms with Crippen LogP contribution in [0.2, 0.25) is 0 Å². The fourth-order valence-electron chi connectivity index (χ4n) is 2.59. The van der Waals surface area contributed by atoms with Crippen molar-refractivity contribution in [2.45, 2.75) is 52.1 Å². The van der Waals surface area contributed by atoms with Crippen LogP contribution in [0, 0.1) is 5.92 Å². The minimum Gasteiger partial charge on any atom is -0.469 e. The number of nitrogens with one attached hydrogen (secondary N) is 2. The van der Waals surface area contributed by atoms with Gasteiger partial charge in [-0.25, -0.2) is 0 Å². The summed E-state index contributed by atoms with van der Waals surface area (Å²) in [5.41, 5.74) is 0. The second-order valence-corrected chi connectivity index (χ2v) is 6.54. The van der Waals surface area contributed by atoms with Gasteiger partial charge in [0.2, 0.25) is 0 Å². The summed E-state index contributed by atoms with van der Waals surface area (Å²) < 4.78 is 11.1. The zero-order chi connectivity index (χ0) is 16.3. The highest BCUT2D eigenvalue weighted by atomic mass is 127. The molecule has 1 atom stereocenters. The third-order valence-electron chi connectivity index (χ3n) is 3.89. The van der Waals surface area contributed by atoms with E-state index in [0.29, 0.717) is 12.0 Å². The molecule has 6 heteroatoms. The minimum atomic E-state index is 0. The predicted molar refractivity (Wildman–Crippen MR) is 109 cm³/mol. The Morgan fingerprint density at radius 3 is 2.79 bits per heavy atom. The second-order valence-electron chi connectivity index (χ2n) is 6.54. The fraction of sp³-hybridized carbons (Fsp3) is 0.722. The van der Waals surface area contributed by atoms with Crippen molar-refractivity contribution < 1.29 is 9.15 Å². The van der Waals surface area contributed by atoms with E-state index in [2.05, 4.69) is 29.5 Å². The number of nitrogens with zero attached hydrogens (tertiary/aromatic N) is 1. The first-order valence-electron chi connectivity index (χ1n) is 8.90. The van der Waals surface area contributed by atoms with Gasteiger partial charge in [0.15, 0.2) is 5.96 Å². The first kappa shape index (κ1) is 21.3. The Balaban J connectivity index is 0.00000288. The van der Waals surface area contributed by atoms with Gasteiger partial charge in [-0.15, -0.1) is 24.0 Å². The van der Waals surface area contributed by atoms with Crippen LogP contribution in [-0.4, -0.2) is 38.3 Å². The second kappa shape index (κ2) is 12.6. The van der Waals surface area contributed by atoms with E-state index in [4.69, 9.17) is 9.15 Å². The van der Waals surface area contributed by atoms with Gasteiger partial charge in [0, 0.05) is 32.7 Å². The molecule has 2 heterocycles. The maximum absolute atomic E-state index is 5.78. The van der Waals surface area contributed by atoms with E-state index in [0.717, 1.165) is 50.8 Å². The topological polar surface area (TPSA) is 58.8 Å². The number of hydrogen-bond acceptors (Lipinski definition) is 3. The van der Waals surface area contributed by atoms with Crippen molar-refractivity contribution in [3.05, 3.63) is 24.2 Å². The van der Waals surface area contributed by atoms with Gasteiger partial charge >= 0.3 is 0 Å². The lowest BCUT2D eigenvalue weighted by molar-refractivity contribution is 0.0122. The van der Waals surface area contributed by atoms with Crippen LogP contribution in [0.3, 0.4) is 0 Å². The van der Waals surface area contributed by atoms with Crippen molar-refractivity contribution in [2.75, 3.05) is 26.2 Å². The van der Waals surface area contributed by atoms with E-state index in [1.165, 1.54) is 19.3 Å². The van der Waals surface area contributed by atoms with E-state index in [-0.39, 0.29) is 24.0 Å². The lowest BCUT2D eigenvalue weighted by atomic mass is 10.1. The summed E-state index contributed by atoms with van der Waals surface area (Å²) in [6, 6.07) is 3.92. The predicted octanol–water partition coefficient (Wildman–Crippen LogP) is 3.59. The van der Waals surface area contributed by atoms with Crippen LogP contribution in [-0.2, 0) is 11.2 Å². The molecule has 0 amide bonds. The van der Waals surface area contributed by atoms with Crippen LogP contribution < -0.4 is 10.6 Å². The molecule has 0 aromatic carbocycles. The Labute approximate surface area is 163 Å². The fourth-order valence-corrected chi connectivity index (χ4v) is 2.59. The zero-order valence-corrected chi connectivity index (χ0v) is 17.3. The first-order chi connectivity index (χ1) is 11.2. The summed E-state index contributed by atoms with van der Waals surface area (Å²) in [7, 11) is 0. The van der Waals surface area contributed by atoms with E-state index < -0.39 is 0 Å². The molecule has 1 aromatic rings. The van der Waals surface area contributed by atoms with E-state index in [1.54, 1.807) is 6.26 Å². The monoisotopic (exact) mass is 449 g/mol. The highest BCUT2D eigenvalue weighted by molar-refractivity contribution is 14.0. The third-order valence-corrected chi connectivity index (χ3v) is 3.89. The van der Waals surface area contributed by atoms with Gasteiger partial charge in [0.1, 0.15) is 5.76 Å². The van der Waals surface area contributed by atoms with Gasteiger partial charge in [-0.05, 0) is 43.7 Å². The summed E-state index contributed by atoms with van der Waals surface area (Å²) in [5.74, 6) is 2.44. The molecule has 0 spiro atoms. The summed E-state index contributed by atoms with van der Waals surface area (Å²) in [5, 5.41) is 6.82. The summed E-state index contributed by atoms with van der Waals surface area (Å²) >= 11 is 0. The maximum Gasteiger partial charge on any atom is 0.191 e. The smallest absolute Gasteiger partial charge is 0.191 e. The molecule has 1 aliphatic heterocycles. The van der Waals surface area contributed by atoms with Gasteiger partial charge in [-0.2, -0.15) is 0 Å². The Morgan fingerprint density at radius 1 is 1.29 bits per heavy atom. The van der Waals surface area contributed by atoms with Gasteiger partial charge in [-0.1, -0.05) is 13.8 Å². The lowest BCUT2D eigenvalue weighted by Gasteiger charge is -2.23. The molecule has 1 aliphatic rings. The lowest BCUT2D eigenvalue weighted by Crippen LogP contribution is -2.40. The summed E-state index contributed by atoms with van der Waals surface area (Å²) in [6.45, 7) is 7.82. The zero-order valence-electron chi connectivity index (χ0n) is 14.9. The van der Waals surface area contributed by atoms with Crippen molar-refractivity contribution in [1.82, 2.24) is 10.6 Å². The standard InChI is InChI=1S/C18H31N3O2.HI/c1-15(2)14-21-18(20-11-9-17-7-5-13-23-17)19-10-8-16-6-3-4-12-22-16;/h5,7,13,15-16H,3-4,6,8-12,14H2,1-2H3,(H2,19,20,21);1H. The average Bonchev–Trinajstić information content (AvgIpc) is 3.06. The number of ether oxygens (including phenoxy) is 1. The van der Waals surface area contributed by atoms with Gasteiger partial charge in [-0.3, -0.25) is 4.99 Å². The molecule has 1 fully saturated rings. The van der Waals surface area contributed by atoms with E-state index in [1.807, 2.05) is 12.1 Å². The molecule has 2 rings (SSSR count). The molecule has 1 saturated heterocycles. The highest BCUT2D eigenvalue weighted by Gasteiger charge is 2.13. The molecule has 138 valence electrons. The van der Waals surface area contributed by atoms with Gasteiger partial charge in [0.05, 0.1) is 12.4 Å². The van der Waals surface area contributed by atoms with Crippen molar-refractivity contribution >= 4 is 29.9 Å². The molecule has 2 N–H and O–H groups in total. The van der Waals surface area contributed by atoms with Gasteiger partial charge in [0.25, 0.3) is 0 Å². The normalized spacial score (nSPS) is 18.3. The number of guanidine groups is 1. The molecule has 0 radical (unpaired) electrons. The summed E-state index contributed by atoms with van der Waals surface area (Å²) in [6.07, 6.45) is 7.71. The van der Waals surface area contributed by atoms with Crippen molar-refractivity contribution in [3.63, 3.8) is 0 Å². The molecule has 1 unspecified atom stereocenters. The Hall–Kier alpha value is -0.760. The largest absolute Gasteiger partial charge is 0.469 e. The Bertz CT molecular complexity index is 443. The molecule has 0 saturated carbocycles. The molecule has 0 aliphatic carbocycles. The molecular formula is C18H32IN3O2. The van der Waals surface area contributed by atoms with Crippen LogP contribution in [0.1, 0.15) is 45.3 Å². The molecule has 24 heavy (non-hydrogen) atoms. The average molecular weight is 449 g/mol. The minimum absolute atomic E-state index is 0. The first-order valence-corrected chi connectivity index (χ1v) is 8.90. The van der Waals surface area contributed by atoms with Crippen LogP contribution >= 0.6 is 24.0 Å². The molecule has 1 aromatic heterocycles. The van der Waals surface area contributed by atoms with Crippen molar-refractivity contribution in [2.24, 2.45) is 10.9 Å². The summed E-state index contributed by atoms with van der Waals surface area (Å²) in [4.78, 5) is 4.65. The van der Waals surface area contributed by atoms with Crippen LogP contribution in [0.4, 0.5) is 0 Å². The number of halogens is 1. The number of furan rings is 1. The van der Waals surface area contributed by atoms with Gasteiger partial charge < -0.3 is 19.8 Å². The highest BCUT2D eigenvalue weighted by Crippen LogP contribution is 2.14. The van der Waals surface area contributed by atoms with Crippen LogP contribution in [0.5, 0.6) is 0 Å². The Morgan fingerprint density at radius 2 is 2.12 bits per heavy atom. The number of rotatable bonds is 8. The quantitative estimate of drug-likeness (QED) is 0.362. The van der Waals surface area contributed by atoms with Crippen molar-refractivity contribution in [3.8, 4) is 0 Å². The third kappa shape index (κ3) is 8.92. The number of hydrogen-bond donors (Lipinski definition) is 2.